The van der Waals surface area contributed by atoms with Gasteiger partial charge in [-0.05, 0) is 42.3 Å². The minimum absolute atomic E-state index is 0.282. The van der Waals surface area contributed by atoms with Crippen molar-refractivity contribution in [2.45, 2.75) is 25.9 Å². The molecule has 3 aromatic carbocycles. The van der Waals surface area contributed by atoms with Gasteiger partial charge in [-0.25, -0.2) is 0 Å². The lowest BCUT2D eigenvalue weighted by atomic mass is 9.84. The Bertz CT molecular complexity index is 815. The summed E-state index contributed by atoms with van der Waals surface area (Å²) in [4.78, 5) is 0. The van der Waals surface area contributed by atoms with E-state index in [1.165, 1.54) is 11.1 Å². The van der Waals surface area contributed by atoms with Crippen LogP contribution >= 0.6 is 0 Å². The number of para-hydroxylation sites is 1. The van der Waals surface area contributed by atoms with Crippen LogP contribution in [0.2, 0.25) is 0 Å². The monoisotopic (exact) mass is 376 g/mol. The van der Waals surface area contributed by atoms with Gasteiger partial charge in [0, 0.05) is 5.41 Å². The van der Waals surface area contributed by atoms with Crippen LogP contribution in [0.1, 0.15) is 25.0 Å². The van der Waals surface area contributed by atoms with E-state index < -0.39 is 0 Å². The van der Waals surface area contributed by atoms with Crippen molar-refractivity contribution in [1.29, 1.82) is 0 Å². The van der Waals surface area contributed by atoms with Crippen molar-refractivity contribution in [3.8, 4) is 11.5 Å². The van der Waals surface area contributed by atoms with Gasteiger partial charge in [-0.2, -0.15) is 0 Å². The highest BCUT2D eigenvalue weighted by atomic mass is 16.5. The Balaban J connectivity index is 1.71. The van der Waals surface area contributed by atoms with Gasteiger partial charge >= 0.3 is 0 Å². The van der Waals surface area contributed by atoms with Crippen molar-refractivity contribution in [3.63, 3.8) is 0 Å². The molecule has 1 atom stereocenters. The molecule has 0 aliphatic carbocycles. The number of benzene rings is 3. The molecule has 3 nitrogen and oxygen atoms in total. The molecule has 1 unspecified atom stereocenters. The highest BCUT2D eigenvalue weighted by Crippen LogP contribution is 2.28. The molecule has 0 saturated carbocycles. The van der Waals surface area contributed by atoms with E-state index in [2.05, 4.69) is 31.2 Å². The van der Waals surface area contributed by atoms with Gasteiger partial charge in [-0.15, -0.1) is 0 Å². The smallest absolute Gasteiger partial charge is 0.119 e. The van der Waals surface area contributed by atoms with Gasteiger partial charge in [0.05, 0.1) is 26.4 Å². The first-order chi connectivity index (χ1) is 13.7. The summed E-state index contributed by atoms with van der Waals surface area (Å²) in [5.41, 5.74) is 2.05. The summed E-state index contributed by atoms with van der Waals surface area (Å²) in [5, 5.41) is 0. The van der Waals surface area contributed by atoms with Crippen LogP contribution in [0.25, 0.3) is 0 Å². The molecule has 0 heterocycles. The fourth-order valence-corrected chi connectivity index (χ4v) is 3.06. The summed E-state index contributed by atoms with van der Waals surface area (Å²) in [7, 11) is 0. The third-order valence-electron chi connectivity index (χ3n) is 4.70. The van der Waals surface area contributed by atoms with Crippen LogP contribution in [0.3, 0.4) is 0 Å². The van der Waals surface area contributed by atoms with Crippen molar-refractivity contribution in [1.82, 2.24) is 0 Å². The molecule has 3 heteroatoms. The normalized spacial score (nSPS) is 12.9. The summed E-state index contributed by atoms with van der Waals surface area (Å²) in [6, 6.07) is 28.4. The lowest BCUT2D eigenvalue weighted by Crippen LogP contribution is -2.35. The standard InChI is InChI=1S/C25H28O3/c1-3-27-24-16-14-22(15-17-24)25(2,20-28-23-12-8-5-9-13-23)19-26-18-21-10-6-4-7-11-21/h4-17H,3,18-20H2,1-2H3. The molecule has 0 bridgehead atoms. The first kappa shape index (κ1) is 20.0. The minimum Gasteiger partial charge on any atom is -0.494 e. The number of hydrogen-bond acceptors (Lipinski definition) is 3. The lowest BCUT2D eigenvalue weighted by Gasteiger charge is -2.30. The zero-order valence-electron chi connectivity index (χ0n) is 16.6. The second kappa shape index (κ2) is 9.95. The highest BCUT2D eigenvalue weighted by molar-refractivity contribution is 5.33. The van der Waals surface area contributed by atoms with E-state index >= 15 is 0 Å². The van der Waals surface area contributed by atoms with Crippen LogP contribution in [-0.2, 0) is 16.8 Å². The molecular weight excluding hydrogens is 348 g/mol. The van der Waals surface area contributed by atoms with Crippen LogP contribution in [0.15, 0.2) is 84.9 Å². The first-order valence-corrected chi connectivity index (χ1v) is 9.72. The summed E-state index contributed by atoms with van der Waals surface area (Å²) >= 11 is 0. The van der Waals surface area contributed by atoms with Gasteiger partial charge in [-0.1, -0.05) is 67.6 Å². The predicted octanol–water partition coefficient (Wildman–Crippen LogP) is 5.64. The van der Waals surface area contributed by atoms with Crippen molar-refractivity contribution in [3.05, 3.63) is 96.1 Å². The van der Waals surface area contributed by atoms with E-state index in [0.29, 0.717) is 26.4 Å². The molecule has 0 aliphatic rings. The second-order valence-corrected chi connectivity index (χ2v) is 7.10. The third kappa shape index (κ3) is 5.61. The van der Waals surface area contributed by atoms with Gasteiger partial charge in [0.1, 0.15) is 11.5 Å². The van der Waals surface area contributed by atoms with Gasteiger partial charge in [0.15, 0.2) is 0 Å². The minimum atomic E-state index is -0.282. The molecule has 0 aromatic heterocycles. The van der Waals surface area contributed by atoms with E-state index in [4.69, 9.17) is 14.2 Å². The van der Waals surface area contributed by atoms with Crippen LogP contribution < -0.4 is 9.47 Å². The van der Waals surface area contributed by atoms with Crippen LogP contribution in [0.4, 0.5) is 0 Å². The zero-order valence-corrected chi connectivity index (χ0v) is 16.6. The van der Waals surface area contributed by atoms with E-state index in [9.17, 15) is 0 Å². The zero-order chi connectivity index (χ0) is 19.7. The maximum Gasteiger partial charge on any atom is 0.119 e. The molecule has 0 fully saturated rings. The second-order valence-electron chi connectivity index (χ2n) is 7.10. The van der Waals surface area contributed by atoms with Gasteiger partial charge < -0.3 is 14.2 Å². The molecule has 0 spiro atoms. The van der Waals surface area contributed by atoms with Gasteiger partial charge in [-0.3, -0.25) is 0 Å². The Hall–Kier alpha value is -2.78. The summed E-state index contributed by atoms with van der Waals surface area (Å²) in [6.45, 7) is 6.50. The summed E-state index contributed by atoms with van der Waals surface area (Å²) < 4.78 is 17.8. The summed E-state index contributed by atoms with van der Waals surface area (Å²) in [5.74, 6) is 1.74. The van der Waals surface area contributed by atoms with Crippen LogP contribution in [0.5, 0.6) is 11.5 Å². The predicted molar refractivity (Wildman–Crippen MR) is 113 cm³/mol. The maximum atomic E-state index is 6.09. The molecule has 3 aromatic rings. The molecule has 146 valence electrons. The van der Waals surface area contributed by atoms with E-state index in [-0.39, 0.29) is 5.41 Å². The first-order valence-electron chi connectivity index (χ1n) is 9.72. The third-order valence-corrected chi connectivity index (χ3v) is 4.70. The Morgan fingerprint density at radius 3 is 1.93 bits per heavy atom. The SMILES string of the molecule is CCOc1ccc(C(C)(COCc2ccccc2)COc2ccccc2)cc1. The Morgan fingerprint density at radius 1 is 0.679 bits per heavy atom. The fraction of sp³-hybridized carbons (Fsp3) is 0.280. The largest absolute Gasteiger partial charge is 0.494 e. The maximum absolute atomic E-state index is 6.09. The van der Waals surface area contributed by atoms with Gasteiger partial charge in [0.2, 0.25) is 0 Å². The average molecular weight is 376 g/mol. The van der Waals surface area contributed by atoms with E-state index in [0.717, 1.165) is 11.5 Å². The van der Waals surface area contributed by atoms with Crippen molar-refractivity contribution < 1.29 is 14.2 Å². The molecule has 0 saturated heterocycles. The van der Waals surface area contributed by atoms with Crippen molar-refractivity contribution >= 4 is 0 Å². The van der Waals surface area contributed by atoms with Crippen molar-refractivity contribution in [2.75, 3.05) is 19.8 Å². The molecule has 28 heavy (non-hydrogen) atoms. The molecule has 3 rings (SSSR count). The van der Waals surface area contributed by atoms with Gasteiger partial charge in [0.25, 0.3) is 0 Å². The van der Waals surface area contributed by atoms with E-state index in [1.807, 2.05) is 67.6 Å². The quantitative estimate of drug-likeness (QED) is 0.458. The number of rotatable bonds is 10. The number of ether oxygens (including phenoxy) is 3. The summed E-state index contributed by atoms with van der Waals surface area (Å²) in [6.07, 6.45) is 0. The number of hydrogen-bond donors (Lipinski definition) is 0. The molecule has 0 amide bonds. The molecular formula is C25H28O3. The fourth-order valence-electron chi connectivity index (χ4n) is 3.06. The van der Waals surface area contributed by atoms with Crippen molar-refractivity contribution in [2.24, 2.45) is 0 Å². The molecule has 0 aliphatic heterocycles. The topological polar surface area (TPSA) is 27.7 Å². The highest BCUT2D eigenvalue weighted by Gasteiger charge is 2.28. The Morgan fingerprint density at radius 2 is 1.29 bits per heavy atom. The Kier molecular flexibility index (Phi) is 7.10. The molecule has 0 N–H and O–H groups in total. The van der Waals surface area contributed by atoms with Crippen LogP contribution in [-0.4, -0.2) is 19.8 Å². The molecule has 0 radical (unpaired) electrons. The van der Waals surface area contributed by atoms with Crippen LogP contribution in [0, 0.1) is 0 Å². The van der Waals surface area contributed by atoms with E-state index in [1.54, 1.807) is 0 Å². The average Bonchev–Trinajstić information content (AvgIpc) is 2.75. The Labute approximate surface area is 167 Å². The lowest BCUT2D eigenvalue weighted by molar-refractivity contribution is 0.0549.